The van der Waals surface area contributed by atoms with Gasteiger partial charge in [-0.25, -0.2) is 4.98 Å². The number of nitrogens with zero attached hydrogens (tertiary/aromatic N) is 3. The van der Waals surface area contributed by atoms with Gasteiger partial charge in [-0.3, -0.25) is 14.3 Å². The third kappa shape index (κ3) is 5.24. The number of para-hydroxylation sites is 2. The minimum Gasteiger partial charge on any atom is -0.356 e. The van der Waals surface area contributed by atoms with Gasteiger partial charge in [-0.05, 0) is 74.3 Å². The largest absolute Gasteiger partial charge is 0.356 e. The standard InChI is InChI=1S/C28H29BrN4O/c29-23-10-12-24(13-11-23)33-26-9-5-4-8-25(26)31-27(33)20-32-18-15-22(16-19-32)28(34)30-17-14-21-6-2-1-3-7-21/h1-13,22H,14-20H2,(H,30,34). The van der Waals surface area contributed by atoms with E-state index in [1.807, 2.05) is 24.3 Å². The molecule has 1 aromatic heterocycles. The molecular weight excluding hydrogens is 488 g/mol. The first-order valence-electron chi connectivity index (χ1n) is 11.9. The highest BCUT2D eigenvalue weighted by Gasteiger charge is 2.26. The lowest BCUT2D eigenvalue weighted by atomic mass is 9.96. The van der Waals surface area contributed by atoms with Crippen LogP contribution in [0.15, 0.2) is 83.3 Å². The van der Waals surface area contributed by atoms with E-state index in [2.05, 4.69) is 85.3 Å². The lowest BCUT2D eigenvalue weighted by molar-refractivity contribution is -0.126. The zero-order valence-electron chi connectivity index (χ0n) is 19.2. The Balaban J connectivity index is 1.21. The molecule has 3 aromatic carbocycles. The van der Waals surface area contributed by atoms with Crippen molar-refractivity contribution in [2.24, 2.45) is 5.92 Å². The molecule has 1 N–H and O–H groups in total. The maximum atomic E-state index is 12.7. The molecule has 5 rings (SSSR count). The number of carbonyl (C=O) groups is 1. The molecule has 5 nitrogen and oxygen atoms in total. The van der Waals surface area contributed by atoms with Gasteiger partial charge in [0.15, 0.2) is 0 Å². The molecule has 1 aliphatic heterocycles. The molecule has 0 atom stereocenters. The Kier molecular flexibility index (Phi) is 7.07. The summed E-state index contributed by atoms with van der Waals surface area (Å²) >= 11 is 3.54. The molecule has 1 fully saturated rings. The van der Waals surface area contributed by atoms with Gasteiger partial charge >= 0.3 is 0 Å². The Hall–Kier alpha value is -2.96. The first kappa shape index (κ1) is 22.8. The Morgan fingerprint density at radius 2 is 1.65 bits per heavy atom. The molecule has 0 aliphatic carbocycles. The number of hydrogen-bond donors (Lipinski definition) is 1. The van der Waals surface area contributed by atoms with Crippen molar-refractivity contribution in [2.45, 2.75) is 25.8 Å². The minimum atomic E-state index is 0.0947. The normalized spacial score (nSPS) is 15.0. The van der Waals surface area contributed by atoms with Crippen LogP contribution >= 0.6 is 15.9 Å². The first-order chi connectivity index (χ1) is 16.7. The number of halogens is 1. The van der Waals surface area contributed by atoms with Crippen LogP contribution in [0.5, 0.6) is 0 Å². The SMILES string of the molecule is O=C(NCCc1ccccc1)C1CCN(Cc2nc3ccccc3n2-c2ccc(Br)cc2)CC1. The predicted molar refractivity (Wildman–Crippen MR) is 140 cm³/mol. The molecule has 1 aliphatic rings. The summed E-state index contributed by atoms with van der Waals surface area (Å²) < 4.78 is 3.32. The number of aromatic nitrogens is 2. The van der Waals surface area contributed by atoms with Crippen molar-refractivity contribution in [2.75, 3.05) is 19.6 Å². The van der Waals surface area contributed by atoms with Gasteiger partial charge < -0.3 is 5.32 Å². The van der Waals surface area contributed by atoms with Gasteiger partial charge in [-0.15, -0.1) is 0 Å². The van der Waals surface area contributed by atoms with Gasteiger partial charge in [0.1, 0.15) is 5.82 Å². The zero-order valence-corrected chi connectivity index (χ0v) is 20.7. The Morgan fingerprint density at radius 3 is 2.41 bits per heavy atom. The number of piperidine rings is 1. The summed E-state index contributed by atoms with van der Waals surface area (Å²) in [6.45, 7) is 3.27. The van der Waals surface area contributed by atoms with E-state index >= 15 is 0 Å². The molecule has 6 heteroatoms. The van der Waals surface area contributed by atoms with Crippen LogP contribution < -0.4 is 5.32 Å². The highest BCUT2D eigenvalue weighted by Crippen LogP contribution is 2.25. The number of carbonyl (C=O) groups excluding carboxylic acids is 1. The first-order valence-corrected chi connectivity index (χ1v) is 12.7. The molecule has 1 amide bonds. The highest BCUT2D eigenvalue weighted by atomic mass is 79.9. The van der Waals surface area contributed by atoms with Gasteiger partial charge in [0.05, 0.1) is 17.6 Å². The summed E-state index contributed by atoms with van der Waals surface area (Å²) in [4.78, 5) is 20.1. The Morgan fingerprint density at radius 1 is 0.941 bits per heavy atom. The molecule has 174 valence electrons. The second kappa shape index (κ2) is 10.5. The number of benzene rings is 3. The molecule has 2 heterocycles. The van der Waals surface area contributed by atoms with E-state index in [1.165, 1.54) is 5.56 Å². The summed E-state index contributed by atoms with van der Waals surface area (Å²) in [7, 11) is 0. The van der Waals surface area contributed by atoms with Crippen molar-refractivity contribution in [3.8, 4) is 5.69 Å². The molecule has 0 saturated carbocycles. The van der Waals surface area contributed by atoms with Crippen molar-refractivity contribution >= 4 is 32.9 Å². The fraction of sp³-hybridized carbons (Fsp3) is 0.286. The molecule has 0 unspecified atom stereocenters. The van der Waals surface area contributed by atoms with Crippen LogP contribution in [-0.2, 0) is 17.8 Å². The topological polar surface area (TPSA) is 50.2 Å². The number of amides is 1. The summed E-state index contributed by atoms with van der Waals surface area (Å²) in [6.07, 6.45) is 2.64. The average molecular weight is 517 g/mol. The molecule has 0 radical (unpaired) electrons. The number of fused-ring (bicyclic) bond motifs is 1. The van der Waals surface area contributed by atoms with Crippen LogP contribution in [-0.4, -0.2) is 40.0 Å². The molecule has 34 heavy (non-hydrogen) atoms. The van der Waals surface area contributed by atoms with Gasteiger partial charge in [0.25, 0.3) is 0 Å². The predicted octanol–water partition coefficient (Wildman–Crippen LogP) is 5.36. The van der Waals surface area contributed by atoms with E-state index in [-0.39, 0.29) is 11.8 Å². The summed E-state index contributed by atoms with van der Waals surface area (Å²) in [6, 6.07) is 27.0. The number of imidazole rings is 1. The maximum absolute atomic E-state index is 12.7. The van der Waals surface area contributed by atoms with E-state index < -0.39 is 0 Å². The minimum absolute atomic E-state index is 0.0947. The van der Waals surface area contributed by atoms with Crippen molar-refractivity contribution < 1.29 is 4.79 Å². The van der Waals surface area contributed by atoms with Gasteiger partial charge in [-0.1, -0.05) is 58.4 Å². The number of likely N-dealkylation sites (tertiary alicyclic amines) is 1. The number of rotatable bonds is 7. The van der Waals surface area contributed by atoms with Crippen LogP contribution in [0.2, 0.25) is 0 Å². The van der Waals surface area contributed by atoms with Crippen LogP contribution in [0.25, 0.3) is 16.7 Å². The van der Waals surface area contributed by atoms with E-state index in [0.717, 1.165) is 65.9 Å². The second-order valence-electron chi connectivity index (χ2n) is 8.91. The second-order valence-corrected chi connectivity index (χ2v) is 9.82. The molecule has 4 aromatic rings. The van der Waals surface area contributed by atoms with Gasteiger partial charge in [-0.2, -0.15) is 0 Å². The zero-order chi connectivity index (χ0) is 23.3. The lowest BCUT2D eigenvalue weighted by Gasteiger charge is -2.31. The highest BCUT2D eigenvalue weighted by molar-refractivity contribution is 9.10. The monoisotopic (exact) mass is 516 g/mol. The number of hydrogen-bond acceptors (Lipinski definition) is 3. The quantitative estimate of drug-likeness (QED) is 0.359. The van der Waals surface area contributed by atoms with Crippen molar-refractivity contribution in [3.63, 3.8) is 0 Å². The van der Waals surface area contributed by atoms with Crippen LogP contribution in [0, 0.1) is 5.92 Å². The molecule has 0 bridgehead atoms. The summed E-state index contributed by atoms with van der Waals surface area (Å²) in [5, 5.41) is 3.14. The third-order valence-electron chi connectivity index (χ3n) is 6.59. The fourth-order valence-electron chi connectivity index (χ4n) is 4.73. The summed E-state index contributed by atoms with van der Waals surface area (Å²) in [5.41, 5.74) is 4.49. The van der Waals surface area contributed by atoms with Crippen LogP contribution in [0.4, 0.5) is 0 Å². The number of nitrogens with one attached hydrogen (secondary N) is 1. The van der Waals surface area contributed by atoms with E-state index in [0.29, 0.717) is 6.54 Å². The molecule has 1 saturated heterocycles. The van der Waals surface area contributed by atoms with E-state index in [1.54, 1.807) is 0 Å². The molecule has 0 spiro atoms. The van der Waals surface area contributed by atoms with Crippen LogP contribution in [0.3, 0.4) is 0 Å². The van der Waals surface area contributed by atoms with Crippen molar-refractivity contribution in [3.05, 3.63) is 94.7 Å². The van der Waals surface area contributed by atoms with E-state index in [9.17, 15) is 4.79 Å². The fourth-order valence-corrected chi connectivity index (χ4v) is 5.00. The van der Waals surface area contributed by atoms with Crippen LogP contribution in [0.1, 0.15) is 24.2 Å². The Bertz CT molecular complexity index is 1240. The smallest absolute Gasteiger partial charge is 0.223 e. The summed E-state index contributed by atoms with van der Waals surface area (Å²) in [5.74, 6) is 1.32. The third-order valence-corrected chi connectivity index (χ3v) is 7.12. The van der Waals surface area contributed by atoms with Crippen molar-refractivity contribution in [1.82, 2.24) is 19.8 Å². The lowest BCUT2D eigenvalue weighted by Crippen LogP contribution is -2.41. The Labute approximate surface area is 208 Å². The van der Waals surface area contributed by atoms with Gasteiger partial charge in [0.2, 0.25) is 5.91 Å². The average Bonchev–Trinajstić information content (AvgIpc) is 3.23. The molecular formula is C28H29BrN4O. The van der Waals surface area contributed by atoms with Gasteiger partial charge in [0, 0.05) is 22.6 Å². The van der Waals surface area contributed by atoms with E-state index in [4.69, 9.17) is 4.98 Å². The maximum Gasteiger partial charge on any atom is 0.223 e. The van der Waals surface area contributed by atoms with Crippen molar-refractivity contribution in [1.29, 1.82) is 0 Å².